The summed E-state index contributed by atoms with van der Waals surface area (Å²) < 4.78 is 9.23. The molecule has 0 atom stereocenters. The van der Waals surface area contributed by atoms with E-state index in [1.54, 1.807) is 0 Å². The summed E-state index contributed by atoms with van der Waals surface area (Å²) in [5.41, 5.74) is 13.0. The molecule has 10 rings (SSSR count). The van der Waals surface area contributed by atoms with Crippen LogP contribution in [0.5, 0.6) is 0 Å². The average molecular weight is 634 g/mol. The van der Waals surface area contributed by atoms with Crippen molar-refractivity contribution in [2.75, 3.05) is 4.90 Å². The average Bonchev–Trinajstić information content (AvgIpc) is 3.77. The van der Waals surface area contributed by atoms with Gasteiger partial charge in [0.1, 0.15) is 11.2 Å². The predicted octanol–water partition coefficient (Wildman–Crippen LogP) is 13.4. The molecule has 0 bridgehead atoms. The molecule has 48 heavy (non-hydrogen) atoms. The van der Waals surface area contributed by atoms with Gasteiger partial charge in [-0.3, -0.25) is 0 Å². The van der Waals surface area contributed by atoms with Crippen molar-refractivity contribution >= 4 is 70.5 Å². The highest BCUT2D eigenvalue weighted by molar-refractivity contribution is 7.26. The lowest BCUT2D eigenvalue weighted by atomic mass is 9.81. The Morgan fingerprint density at radius 1 is 0.500 bits per heavy atom. The fraction of sp³-hybridized carbons (Fsp3) is 0.0667. The Labute approximate surface area is 283 Å². The van der Waals surface area contributed by atoms with Crippen LogP contribution in [0, 0.1) is 0 Å². The first-order valence-corrected chi connectivity index (χ1v) is 17.3. The highest BCUT2D eigenvalue weighted by atomic mass is 32.1. The largest absolute Gasteiger partial charge is 0.455 e. The van der Waals surface area contributed by atoms with Gasteiger partial charge in [0.05, 0.1) is 0 Å². The fourth-order valence-electron chi connectivity index (χ4n) is 7.95. The van der Waals surface area contributed by atoms with Crippen molar-refractivity contribution in [2.45, 2.75) is 19.3 Å². The van der Waals surface area contributed by atoms with Gasteiger partial charge in [0.15, 0.2) is 0 Å². The zero-order valence-electron chi connectivity index (χ0n) is 26.7. The molecular weight excluding hydrogens is 603 g/mol. The maximum absolute atomic E-state index is 6.69. The van der Waals surface area contributed by atoms with Crippen LogP contribution in [-0.2, 0) is 5.41 Å². The normalized spacial score (nSPS) is 13.4. The number of nitrogens with zero attached hydrogens (tertiary/aromatic N) is 1. The number of anilines is 3. The minimum atomic E-state index is -0.185. The molecule has 0 amide bonds. The van der Waals surface area contributed by atoms with Crippen molar-refractivity contribution in [3.63, 3.8) is 0 Å². The SMILES string of the molecule is CC1(C)c2cc(-c3cc4sc5ccccc5c4c4oc5ccccc5c34)ccc2-c2ccc(N(c3ccccc3)c3ccccc3)cc21. The minimum Gasteiger partial charge on any atom is -0.455 e. The van der Waals surface area contributed by atoms with E-state index in [-0.39, 0.29) is 5.41 Å². The molecule has 0 saturated heterocycles. The third-order valence-corrected chi connectivity index (χ3v) is 11.4. The summed E-state index contributed by atoms with van der Waals surface area (Å²) in [5.74, 6) is 0. The molecule has 2 heterocycles. The molecule has 0 radical (unpaired) electrons. The lowest BCUT2D eigenvalue weighted by molar-refractivity contribution is 0.660. The Bertz CT molecular complexity index is 2660. The number of rotatable bonds is 4. The van der Waals surface area contributed by atoms with Crippen molar-refractivity contribution in [1.82, 2.24) is 0 Å². The van der Waals surface area contributed by atoms with E-state index in [0.29, 0.717) is 0 Å². The third-order valence-electron chi connectivity index (χ3n) is 10.2. The molecule has 9 aromatic rings. The van der Waals surface area contributed by atoms with E-state index in [1.165, 1.54) is 58.9 Å². The first-order chi connectivity index (χ1) is 23.6. The highest BCUT2D eigenvalue weighted by Crippen LogP contribution is 2.53. The molecule has 1 aliphatic rings. The summed E-state index contributed by atoms with van der Waals surface area (Å²) in [7, 11) is 0. The zero-order valence-corrected chi connectivity index (χ0v) is 27.5. The lowest BCUT2D eigenvalue weighted by Gasteiger charge is -2.28. The number of thiophene rings is 1. The number of fused-ring (bicyclic) bond motifs is 10. The molecule has 0 N–H and O–H groups in total. The van der Waals surface area contributed by atoms with Gasteiger partial charge in [0.2, 0.25) is 0 Å². The van der Waals surface area contributed by atoms with Gasteiger partial charge in [-0.05, 0) is 94.0 Å². The van der Waals surface area contributed by atoms with Gasteiger partial charge in [-0.15, -0.1) is 11.3 Å². The predicted molar refractivity (Wildman–Crippen MR) is 204 cm³/mol. The van der Waals surface area contributed by atoms with Crippen LogP contribution in [0.25, 0.3) is 64.4 Å². The summed E-state index contributed by atoms with van der Waals surface area (Å²) in [6, 6.07) is 55.0. The minimum absolute atomic E-state index is 0.185. The van der Waals surface area contributed by atoms with Gasteiger partial charge in [-0.2, -0.15) is 0 Å². The van der Waals surface area contributed by atoms with Crippen molar-refractivity contribution < 1.29 is 4.42 Å². The third kappa shape index (κ3) is 3.92. The molecule has 2 nitrogen and oxygen atoms in total. The molecule has 0 unspecified atom stereocenters. The molecule has 0 spiro atoms. The van der Waals surface area contributed by atoms with Crippen LogP contribution in [-0.4, -0.2) is 0 Å². The van der Waals surface area contributed by atoms with Gasteiger partial charge in [0, 0.05) is 53.4 Å². The number of hydrogen-bond acceptors (Lipinski definition) is 3. The van der Waals surface area contributed by atoms with Crippen molar-refractivity contribution in [3.8, 4) is 22.3 Å². The molecule has 1 aliphatic carbocycles. The number of benzene rings is 7. The van der Waals surface area contributed by atoms with E-state index in [0.717, 1.165) is 33.6 Å². The van der Waals surface area contributed by atoms with Gasteiger partial charge in [-0.25, -0.2) is 0 Å². The van der Waals surface area contributed by atoms with E-state index < -0.39 is 0 Å². The second-order valence-electron chi connectivity index (χ2n) is 13.3. The fourth-order valence-corrected chi connectivity index (χ4v) is 9.10. The van der Waals surface area contributed by atoms with E-state index in [1.807, 2.05) is 11.3 Å². The Balaban J connectivity index is 1.16. The van der Waals surface area contributed by atoms with Crippen LogP contribution in [0.3, 0.4) is 0 Å². The van der Waals surface area contributed by atoms with Gasteiger partial charge >= 0.3 is 0 Å². The monoisotopic (exact) mass is 633 g/mol. The first-order valence-electron chi connectivity index (χ1n) is 16.5. The van der Waals surface area contributed by atoms with Crippen LogP contribution in [0.2, 0.25) is 0 Å². The topological polar surface area (TPSA) is 16.4 Å². The molecular formula is C45H31NOS. The molecule has 2 aromatic heterocycles. The lowest BCUT2D eigenvalue weighted by Crippen LogP contribution is -2.16. The van der Waals surface area contributed by atoms with Crippen molar-refractivity contribution in [1.29, 1.82) is 0 Å². The zero-order chi connectivity index (χ0) is 32.0. The van der Waals surface area contributed by atoms with E-state index >= 15 is 0 Å². The Morgan fingerprint density at radius 2 is 1.12 bits per heavy atom. The molecule has 228 valence electrons. The highest BCUT2D eigenvalue weighted by Gasteiger charge is 2.36. The maximum atomic E-state index is 6.69. The van der Waals surface area contributed by atoms with E-state index in [4.69, 9.17) is 4.42 Å². The second-order valence-corrected chi connectivity index (χ2v) is 14.4. The van der Waals surface area contributed by atoms with Crippen LogP contribution < -0.4 is 4.90 Å². The molecule has 0 fully saturated rings. The van der Waals surface area contributed by atoms with Crippen LogP contribution >= 0.6 is 11.3 Å². The van der Waals surface area contributed by atoms with Gasteiger partial charge < -0.3 is 9.32 Å². The summed E-state index contributed by atoms with van der Waals surface area (Å²) in [6.07, 6.45) is 0. The van der Waals surface area contributed by atoms with Gasteiger partial charge in [-0.1, -0.05) is 105 Å². The summed E-state index contributed by atoms with van der Waals surface area (Å²) >= 11 is 1.85. The molecule has 7 aromatic carbocycles. The Hall–Kier alpha value is -5.64. The van der Waals surface area contributed by atoms with E-state index in [9.17, 15) is 0 Å². The van der Waals surface area contributed by atoms with Crippen molar-refractivity contribution in [3.05, 3.63) is 163 Å². The van der Waals surface area contributed by atoms with Crippen LogP contribution in [0.1, 0.15) is 25.0 Å². The van der Waals surface area contributed by atoms with Crippen LogP contribution in [0.4, 0.5) is 17.1 Å². The Kier molecular flexibility index (Phi) is 5.82. The van der Waals surface area contributed by atoms with Crippen LogP contribution in [0.15, 0.2) is 156 Å². The molecule has 0 aliphatic heterocycles. The maximum Gasteiger partial charge on any atom is 0.145 e. The number of para-hydroxylation sites is 3. The number of hydrogen-bond donors (Lipinski definition) is 0. The Morgan fingerprint density at radius 3 is 1.88 bits per heavy atom. The summed E-state index contributed by atoms with van der Waals surface area (Å²) in [4.78, 5) is 2.35. The second kappa shape index (κ2) is 10.2. The summed E-state index contributed by atoms with van der Waals surface area (Å²) in [5, 5.41) is 4.83. The molecule has 3 heteroatoms. The smallest absolute Gasteiger partial charge is 0.145 e. The standard InChI is InChI=1S/C45H31NOS/c1-45(2)37-25-28(36-27-41-43(35-18-10-12-20-40(35)48-41)44-42(36)34-17-9-11-19-39(34)47-44)21-23-32(37)33-24-22-31(26-38(33)45)46(29-13-5-3-6-14-29)30-15-7-4-8-16-30/h3-27H,1-2H3. The first kappa shape index (κ1) is 27.5. The summed E-state index contributed by atoms with van der Waals surface area (Å²) in [6.45, 7) is 4.75. The molecule has 0 saturated carbocycles. The quantitative estimate of drug-likeness (QED) is 0.192. The van der Waals surface area contributed by atoms with Gasteiger partial charge in [0.25, 0.3) is 0 Å². The van der Waals surface area contributed by atoms with E-state index in [2.05, 4.69) is 170 Å². The van der Waals surface area contributed by atoms with Crippen molar-refractivity contribution in [2.24, 2.45) is 0 Å². The number of furan rings is 1.